The van der Waals surface area contributed by atoms with E-state index in [0.29, 0.717) is 16.0 Å². The summed E-state index contributed by atoms with van der Waals surface area (Å²) >= 11 is 0. The van der Waals surface area contributed by atoms with E-state index in [4.69, 9.17) is 0 Å². The van der Waals surface area contributed by atoms with Gasteiger partial charge in [0.15, 0.2) is 0 Å². The largest absolute Gasteiger partial charge is 0.131 e. The molecule has 4 fully saturated rings. The van der Waals surface area contributed by atoms with Crippen LogP contribution in [0.4, 0.5) is 0 Å². The predicted octanol–water partition coefficient (Wildman–Crippen LogP) is 3.61. The summed E-state index contributed by atoms with van der Waals surface area (Å²) in [6, 6.07) is 0. The third-order valence-electron chi connectivity index (χ3n) is 4.67. The molecule has 0 saturated heterocycles. The van der Waals surface area contributed by atoms with Crippen LogP contribution in [0.15, 0.2) is 0 Å². The molecule has 0 aromatic heterocycles. The molecule has 0 heterocycles. The quantitative estimate of drug-likeness (QED) is 0.519. The van der Waals surface area contributed by atoms with Crippen molar-refractivity contribution in [1.82, 2.24) is 0 Å². The van der Waals surface area contributed by atoms with Gasteiger partial charge in [-0.1, -0.05) is 13.8 Å². The lowest BCUT2D eigenvalue weighted by molar-refractivity contribution is -0.0781. The summed E-state index contributed by atoms with van der Waals surface area (Å²) in [6.07, 6.45) is 9.03. The molecule has 4 rings (SSSR count). The first-order chi connectivity index (χ1) is 5.91. The molecule has 0 aromatic rings. The lowest BCUT2D eigenvalue weighted by atomic mass is 9.45. The molecule has 74 valence electrons. The molecule has 0 spiro atoms. The molecule has 3 atom stereocenters. The molecule has 4 bridgehead atoms. The van der Waals surface area contributed by atoms with Crippen molar-refractivity contribution in [2.24, 2.45) is 16.7 Å². The van der Waals surface area contributed by atoms with Crippen LogP contribution in [0.1, 0.15) is 52.4 Å². The third-order valence-corrected chi connectivity index (χ3v) is 5.31. The monoisotopic (exact) mass is 196 g/mol. The van der Waals surface area contributed by atoms with Crippen LogP contribution in [0.25, 0.3) is 0 Å². The number of hydrogen-bond acceptors (Lipinski definition) is 0. The maximum absolute atomic E-state index is 3.21. The second-order valence-electron chi connectivity index (χ2n) is 6.99. The van der Waals surface area contributed by atoms with Gasteiger partial charge in [-0.05, 0) is 60.4 Å². The van der Waals surface area contributed by atoms with Gasteiger partial charge < -0.3 is 0 Å². The van der Waals surface area contributed by atoms with E-state index >= 15 is 0 Å². The Morgan fingerprint density at radius 2 is 1.46 bits per heavy atom. The minimum Gasteiger partial charge on any atom is -0.131 e. The zero-order valence-electron chi connectivity index (χ0n) is 8.90. The Balaban J connectivity index is 2.03. The smallest absolute Gasteiger partial charge is 0.0137 e. The molecule has 1 heteroatoms. The normalized spacial score (nSPS) is 64.4. The Morgan fingerprint density at radius 3 is 1.85 bits per heavy atom. The second kappa shape index (κ2) is 2.16. The predicted molar refractivity (Wildman–Crippen MR) is 59.8 cm³/mol. The topological polar surface area (TPSA) is 0 Å². The first-order valence-electron chi connectivity index (χ1n) is 5.70. The van der Waals surface area contributed by atoms with E-state index in [1.54, 1.807) is 0 Å². The Morgan fingerprint density at radius 1 is 0.923 bits per heavy atom. The summed E-state index contributed by atoms with van der Waals surface area (Å²) in [7, 11) is 3.21. The summed E-state index contributed by atoms with van der Waals surface area (Å²) < 4.78 is 0. The molecule has 0 amide bonds. The van der Waals surface area contributed by atoms with E-state index in [9.17, 15) is 0 Å². The minimum absolute atomic E-state index is 0.642. The highest BCUT2D eigenvalue weighted by Gasteiger charge is 2.58. The van der Waals surface area contributed by atoms with Gasteiger partial charge in [-0.3, -0.25) is 0 Å². The highest BCUT2D eigenvalue weighted by Crippen LogP contribution is 2.68. The average molecular weight is 196 g/mol. The van der Waals surface area contributed by atoms with Crippen LogP contribution < -0.4 is 0 Å². The Bertz CT molecular complexity index is 207. The van der Waals surface area contributed by atoms with Crippen LogP contribution in [0.2, 0.25) is 0 Å². The standard InChI is InChI=1S/C12H21P/c1-10-3-9-4-11(2,6-10)8-12(13,5-9)7-10/h9H,3-8,13H2,1-2H3. The highest BCUT2D eigenvalue weighted by atomic mass is 31.0. The highest BCUT2D eigenvalue weighted by molar-refractivity contribution is 7.19. The number of rotatable bonds is 0. The van der Waals surface area contributed by atoms with Gasteiger partial charge in [-0.15, -0.1) is 9.24 Å². The van der Waals surface area contributed by atoms with Crippen LogP contribution >= 0.6 is 9.24 Å². The van der Waals surface area contributed by atoms with Gasteiger partial charge in [0.1, 0.15) is 0 Å². The molecule has 13 heavy (non-hydrogen) atoms. The third kappa shape index (κ3) is 1.21. The van der Waals surface area contributed by atoms with Gasteiger partial charge in [0.2, 0.25) is 0 Å². The van der Waals surface area contributed by atoms with Crippen LogP contribution in [0.3, 0.4) is 0 Å². The van der Waals surface area contributed by atoms with Gasteiger partial charge in [-0.25, -0.2) is 0 Å². The molecule has 4 aliphatic rings. The van der Waals surface area contributed by atoms with Crippen LogP contribution in [0.5, 0.6) is 0 Å². The van der Waals surface area contributed by atoms with E-state index in [-0.39, 0.29) is 0 Å². The van der Waals surface area contributed by atoms with Gasteiger partial charge in [-0.2, -0.15) is 0 Å². The fraction of sp³-hybridized carbons (Fsp3) is 1.00. The molecule has 0 radical (unpaired) electrons. The Kier molecular flexibility index (Phi) is 1.45. The lowest BCUT2D eigenvalue weighted by Crippen LogP contribution is -2.55. The van der Waals surface area contributed by atoms with Crippen molar-refractivity contribution in [2.75, 3.05) is 0 Å². The first kappa shape index (κ1) is 8.72. The molecule has 0 aromatic carbocycles. The van der Waals surface area contributed by atoms with Crippen LogP contribution in [-0.4, -0.2) is 5.16 Å². The maximum Gasteiger partial charge on any atom is -0.0137 e. The van der Waals surface area contributed by atoms with E-state index in [2.05, 4.69) is 23.1 Å². The summed E-state index contributed by atoms with van der Waals surface area (Å²) in [5.74, 6) is 1.06. The molecule has 4 saturated carbocycles. The van der Waals surface area contributed by atoms with E-state index < -0.39 is 0 Å². The second-order valence-corrected chi connectivity index (χ2v) is 8.22. The van der Waals surface area contributed by atoms with Gasteiger partial charge in [0.25, 0.3) is 0 Å². The lowest BCUT2D eigenvalue weighted by Gasteiger charge is -2.64. The average Bonchev–Trinajstić information content (AvgIpc) is 1.71. The van der Waals surface area contributed by atoms with Crippen LogP contribution in [0, 0.1) is 16.7 Å². The van der Waals surface area contributed by atoms with E-state index in [1.807, 2.05) is 0 Å². The summed E-state index contributed by atoms with van der Waals surface area (Å²) in [5.41, 5.74) is 1.41. The fourth-order valence-corrected chi connectivity index (χ4v) is 6.85. The van der Waals surface area contributed by atoms with Crippen molar-refractivity contribution in [3.05, 3.63) is 0 Å². The minimum atomic E-state index is 0.642. The van der Waals surface area contributed by atoms with Gasteiger partial charge >= 0.3 is 0 Å². The molecule has 0 aliphatic heterocycles. The first-order valence-corrected chi connectivity index (χ1v) is 6.27. The SMILES string of the molecule is CC12CC3CC(C)(C1)CC(P)(C3)C2. The molecule has 4 aliphatic carbocycles. The maximum atomic E-state index is 3.21. The van der Waals surface area contributed by atoms with E-state index in [1.165, 1.54) is 38.5 Å². The van der Waals surface area contributed by atoms with Crippen molar-refractivity contribution in [3.8, 4) is 0 Å². The van der Waals surface area contributed by atoms with Crippen molar-refractivity contribution in [3.63, 3.8) is 0 Å². The summed E-state index contributed by atoms with van der Waals surface area (Å²) in [5, 5.41) is 0.642. The fourth-order valence-electron chi connectivity index (χ4n) is 5.54. The zero-order valence-corrected chi connectivity index (χ0v) is 10.1. The van der Waals surface area contributed by atoms with Gasteiger partial charge in [0, 0.05) is 0 Å². The van der Waals surface area contributed by atoms with Gasteiger partial charge in [0.05, 0.1) is 0 Å². The molecular weight excluding hydrogens is 175 g/mol. The molecule has 0 nitrogen and oxygen atoms in total. The van der Waals surface area contributed by atoms with Crippen molar-refractivity contribution in [2.45, 2.75) is 57.5 Å². The molecule has 3 unspecified atom stereocenters. The van der Waals surface area contributed by atoms with Crippen LogP contribution in [-0.2, 0) is 0 Å². The Hall–Kier alpha value is 0.430. The van der Waals surface area contributed by atoms with Crippen molar-refractivity contribution < 1.29 is 0 Å². The van der Waals surface area contributed by atoms with Crippen molar-refractivity contribution >= 4 is 9.24 Å². The molecular formula is C12H21P. The zero-order chi connectivity index (χ0) is 9.32. The van der Waals surface area contributed by atoms with E-state index in [0.717, 1.165) is 5.92 Å². The summed E-state index contributed by atoms with van der Waals surface area (Å²) in [4.78, 5) is 0. The summed E-state index contributed by atoms with van der Waals surface area (Å²) in [6.45, 7) is 5.07. The molecule has 0 N–H and O–H groups in total. The van der Waals surface area contributed by atoms with Crippen molar-refractivity contribution in [1.29, 1.82) is 0 Å². The number of hydrogen-bond donors (Lipinski definition) is 0. The Labute approximate surface area is 84.1 Å².